The SMILES string of the molecule is O=C(CN1C[C@@H](C(=O)N2CCCCC2)Oc2ccccc21)Nc1cccc(Br)c1. The van der Waals surface area contributed by atoms with E-state index in [4.69, 9.17) is 4.74 Å². The normalized spacial score (nSPS) is 18.6. The summed E-state index contributed by atoms with van der Waals surface area (Å²) in [4.78, 5) is 29.5. The van der Waals surface area contributed by atoms with Crippen LogP contribution in [0.2, 0.25) is 0 Å². The van der Waals surface area contributed by atoms with Gasteiger partial charge in [0.05, 0.1) is 18.8 Å². The molecule has 6 nitrogen and oxygen atoms in total. The van der Waals surface area contributed by atoms with Crippen molar-refractivity contribution < 1.29 is 14.3 Å². The highest BCUT2D eigenvalue weighted by Crippen LogP contribution is 2.33. The van der Waals surface area contributed by atoms with Gasteiger partial charge >= 0.3 is 0 Å². The number of nitrogens with zero attached hydrogens (tertiary/aromatic N) is 2. The lowest BCUT2D eigenvalue weighted by molar-refractivity contribution is -0.139. The van der Waals surface area contributed by atoms with Crippen molar-refractivity contribution in [3.05, 3.63) is 53.0 Å². The van der Waals surface area contributed by atoms with Crippen LogP contribution in [0.15, 0.2) is 53.0 Å². The fourth-order valence-corrected chi connectivity index (χ4v) is 4.24. The van der Waals surface area contributed by atoms with Gasteiger partial charge in [0, 0.05) is 23.2 Å². The Morgan fingerprint density at radius 1 is 1.07 bits per heavy atom. The number of halogens is 1. The topological polar surface area (TPSA) is 61.9 Å². The summed E-state index contributed by atoms with van der Waals surface area (Å²) in [5.41, 5.74) is 1.56. The van der Waals surface area contributed by atoms with E-state index >= 15 is 0 Å². The number of benzene rings is 2. The van der Waals surface area contributed by atoms with Crippen LogP contribution >= 0.6 is 15.9 Å². The summed E-state index contributed by atoms with van der Waals surface area (Å²) in [6, 6.07) is 15.0. The average Bonchev–Trinajstić information content (AvgIpc) is 2.73. The molecule has 0 aliphatic carbocycles. The number of anilines is 2. The minimum absolute atomic E-state index is 0.0107. The first-order valence-electron chi connectivity index (χ1n) is 9.95. The van der Waals surface area contributed by atoms with Gasteiger partial charge < -0.3 is 19.9 Å². The van der Waals surface area contributed by atoms with Gasteiger partial charge in [0.25, 0.3) is 5.91 Å². The zero-order chi connectivity index (χ0) is 20.2. The van der Waals surface area contributed by atoms with Gasteiger partial charge in [-0.25, -0.2) is 0 Å². The highest BCUT2D eigenvalue weighted by molar-refractivity contribution is 9.10. The van der Waals surface area contributed by atoms with Crippen LogP contribution < -0.4 is 15.0 Å². The van der Waals surface area contributed by atoms with Crippen LogP contribution in [0.1, 0.15) is 19.3 Å². The first-order chi connectivity index (χ1) is 14.1. The third-order valence-electron chi connectivity index (χ3n) is 5.25. The van der Waals surface area contributed by atoms with E-state index in [-0.39, 0.29) is 18.4 Å². The maximum Gasteiger partial charge on any atom is 0.265 e. The number of para-hydroxylation sites is 2. The standard InChI is InChI=1S/C22H24BrN3O3/c23-16-7-6-8-17(13-16)24-21(27)15-26-14-20(22(28)25-11-4-1-5-12-25)29-19-10-3-2-9-18(19)26/h2-3,6-10,13,20H,1,4-5,11-12,14-15H2,(H,24,27)/t20-/m0/s1. The van der Waals surface area contributed by atoms with E-state index in [2.05, 4.69) is 21.2 Å². The molecule has 4 rings (SSSR count). The first-order valence-corrected chi connectivity index (χ1v) is 10.7. The molecule has 2 amide bonds. The molecule has 0 bridgehead atoms. The maximum atomic E-state index is 13.0. The third-order valence-corrected chi connectivity index (χ3v) is 5.74. The van der Waals surface area contributed by atoms with Crippen molar-refractivity contribution in [2.75, 3.05) is 36.4 Å². The van der Waals surface area contributed by atoms with Gasteiger partial charge in [-0.2, -0.15) is 0 Å². The molecule has 2 aliphatic heterocycles. The van der Waals surface area contributed by atoms with Crippen molar-refractivity contribution in [2.24, 2.45) is 0 Å². The van der Waals surface area contributed by atoms with Gasteiger partial charge in [0.2, 0.25) is 5.91 Å². The first kappa shape index (κ1) is 19.8. The highest BCUT2D eigenvalue weighted by atomic mass is 79.9. The number of piperidine rings is 1. The van der Waals surface area contributed by atoms with Crippen molar-refractivity contribution in [1.29, 1.82) is 0 Å². The molecule has 1 saturated heterocycles. The molecule has 2 aliphatic rings. The fraction of sp³-hybridized carbons (Fsp3) is 0.364. The molecule has 0 unspecified atom stereocenters. The van der Waals surface area contributed by atoms with Crippen LogP contribution in [0.3, 0.4) is 0 Å². The monoisotopic (exact) mass is 457 g/mol. The van der Waals surface area contributed by atoms with Crippen LogP contribution in [-0.2, 0) is 9.59 Å². The summed E-state index contributed by atoms with van der Waals surface area (Å²) >= 11 is 3.41. The number of ether oxygens (including phenoxy) is 1. The van der Waals surface area contributed by atoms with Gasteiger partial charge in [-0.3, -0.25) is 9.59 Å². The fourth-order valence-electron chi connectivity index (χ4n) is 3.84. The molecular weight excluding hydrogens is 434 g/mol. The number of amides is 2. The number of hydrogen-bond donors (Lipinski definition) is 1. The summed E-state index contributed by atoms with van der Waals surface area (Å²) in [6.07, 6.45) is 2.64. The average molecular weight is 458 g/mol. The molecular formula is C22H24BrN3O3. The van der Waals surface area contributed by atoms with E-state index in [1.807, 2.05) is 58.3 Å². The van der Waals surface area contributed by atoms with Gasteiger partial charge in [-0.05, 0) is 49.6 Å². The Balaban J connectivity index is 1.48. The zero-order valence-electron chi connectivity index (χ0n) is 16.1. The minimum atomic E-state index is -0.596. The Bertz CT molecular complexity index is 898. The van der Waals surface area contributed by atoms with E-state index in [1.165, 1.54) is 6.42 Å². The number of nitrogens with one attached hydrogen (secondary N) is 1. The molecule has 1 atom stereocenters. The predicted molar refractivity (Wildman–Crippen MR) is 116 cm³/mol. The molecule has 152 valence electrons. The Labute approximate surface area is 178 Å². The number of hydrogen-bond acceptors (Lipinski definition) is 4. The molecule has 29 heavy (non-hydrogen) atoms. The van der Waals surface area contributed by atoms with Gasteiger partial charge in [-0.15, -0.1) is 0 Å². The van der Waals surface area contributed by atoms with E-state index < -0.39 is 6.10 Å². The molecule has 2 aromatic carbocycles. The Morgan fingerprint density at radius 2 is 1.86 bits per heavy atom. The second kappa shape index (κ2) is 8.86. The lowest BCUT2D eigenvalue weighted by Crippen LogP contribution is -2.52. The van der Waals surface area contributed by atoms with Crippen LogP contribution in [0.5, 0.6) is 5.75 Å². The van der Waals surface area contributed by atoms with Crippen LogP contribution in [-0.4, -0.2) is 49.0 Å². The number of rotatable bonds is 4. The summed E-state index contributed by atoms with van der Waals surface area (Å²) in [7, 11) is 0. The van der Waals surface area contributed by atoms with Gasteiger partial charge in [-0.1, -0.05) is 34.1 Å². The second-order valence-corrected chi connectivity index (χ2v) is 8.31. The summed E-state index contributed by atoms with van der Waals surface area (Å²) in [5.74, 6) is 0.518. The van der Waals surface area contributed by atoms with Gasteiger partial charge in [0.1, 0.15) is 5.75 Å². The summed E-state index contributed by atoms with van der Waals surface area (Å²) < 4.78 is 6.92. The van der Waals surface area contributed by atoms with E-state index in [1.54, 1.807) is 0 Å². The molecule has 0 spiro atoms. The van der Waals surface area contributed by atoms with Crippen molar-refractivity contribution in [1.82, 2.24) is 4.90 Å². The number of carbonyl (C=O) groups is 2. The largest absolute Gasteiger partial charge is 0.477 e. The van der Waals surface area contributed by atoms with Gasteiger partial charge in [0.15, 0.2) is 6.10 Å². The zero-order valence-corrected chi connectivity index (χ0v) is 17.7. The molecule has 2 aromatic rings. The molecule has 2 heterocycles. The van der Waals surface area contributed by atoms with Crippen molar-refractivity contribution in [3.63, 3.8) is 0 Å². The Kier molecular flexibility index (Phi) is 6.04. The molecule has 7 heteroatoms. The van der Waals surface area contributed by atoms with Crippen LogP contribution in [0.25, 0.3) is 0 Å². The molecule has 0 aromatic heterocycles. The summed E-state index contributed by atoms with van der Waals surface area (Å²) in [6.45, 7) is 2.07. The molecule has 0 saturated carbocycles. The van der Waals surface area contributed by atoms with E-state index in [0.717, 1.165) is 41.8 Å². The minimum Gasteiger partial charge on any atom is -0.477 e. The smallest absolute Gasteiger partial charge is 0.265 e. The highest BCUT2D eigenvalue weighted by Gasteiger charge is 2.34. The van der Waals surface area contributed by atoms with Crippen molar-refractivity contribution in [3.8, 4) is 5.75 Å². The van der Waals surface area contributed by atoms with Crippen molar-refractivity contribution in [2.45, 2.75) is 25.4 Å². The molecule has 0 radical (unpaired) electrons. The van der Waals surface area contributed by atoms with E-state index in [0.29, 0.717) is 12.3 Å². The second-order valence-electron chi connectivity index (χ2n) is 7.40. The number of fused-ring (bicyclic) bond motifs is 1. The third kappa shape index (κ3) is 4.72. The van der Waals surface area contributed by atoms with Crippen LogP contribution in [0, 0.1) is 0 Å². The quantitative estimate of drug-likeness (QED) is 0.760. The lowest BCUT2D eigenvalue weighted by atomic mass is 10.1. The number of likely N-dealkylation sites (tertiary alicyclic amines) is 1. The predicted octanol–water partition coefficient (Wildman–Crippen LogP) is 3.67. The lowest BCUT2D eigenvalue weighted by Gasteiger charge is -2.38. The Morgan fingerprint density at radius 3 is 2.66 bits per heavy atom. The molecule has 1 N–H and O–H groups in total. The van der Waals surface area contributed by atoms with Crippen LogP contribution in [0.4, 0.5) is 11.4 Å². The molecule has 1 fully saturated rings. The maximum absolute atomic E-state index is 13.0. The van der Waals surface area contributed by atoms with Crippen molar-refractivity contribution >= 4 is 39.1 Å². The Hall–Kier alpha value is -2.54. The van der Waals surface area contributed by atoms with E-state index in [9.17, 15) is 9.59 Å². The summed E-state index contributed by atoms with van der Waals surface area (Å²) in [5, 5.41) is 2.92. The number of carbonyl (C=O) groups excluding carboxylic acids is 2.